The number of carbonyl (C=O) groups excluding carboxylic acids is 2. The van der Waals surface area contributed by atoms with Gasteiger partial charge in [-0.2, -0.15) is 0 Å². The molecule has 0 bridgehead atoms. The van der Waals surface area contributed by atoms with Gasteiger partial charge in [-0.1, -0.05) is 91.0 Å². The fourth-order valence-electron chi connectivity index (χ4n) is 5.94. The third-order valence-electron chi connectivity index (χ3n) is 7.78. The number of rotatable bonds is 5. The lowest BCUT2D eigenvalue weighted by Crippen LogP contribution is -2.53. The zero-order valence-electron chi connectivity index (χ0n) is 21.2. The Hall–Kier alpha value is -4.16. The predicted octanol–water partition coefficient (Wildman–Crippen LogP) is 5.05. The Morgan fingerprint density at radius 1 is 0.842 bits per heavy atom. The second-order valence-electron chi connectivity index (χ2n) is 10.3. The Kier molecular flexibility index (Phi) is 6.56. The molecule has 0 radical (unpaired) electrons. The zero-order chi connectivity index (χ0) is 26.1. The molecule has 4 aromatic carbocycles. The number of likely N-dealkylation sites (tertiary alicyclic amines) is 1. The molecule has 3 N–H and O–H groups in total. The van der Waals surface area contributed by atoms with Gasteiger partial charge < -0.3 is 20.7 Å². The maximum atomic E-state index is 13.1. The number of amides is 2. The first-order valence-electron chi connectivity index (χ1n) is 13.2. The van der Waals surface area contributed by atoms with Crippen molar-refractivity contribution >= 4 is 22.8 Å². The van der Waals surface area contributed by atoms with Crippen molar-refractivity contribution < 1.29 is 14.3 Å². The fourth-order valence-corrected chi connectivity index (χ4v) is 5.94. The van der Waals surface area contributed by atoms with Crippen molar-refractivity contribution in [1.82, 2.24) is 10.2 Å². The lowest BCUT2D eigenvalue weighted by atomic mass is 9.94. The summed E-state index contributed by atoms with van der Waals surface area (Å²) in [7, 11) is 0. The second kappa shape index (κ2) is 10.3. The van der Waals surface area contributed by atoms with E-state index in [4.69, 9.17) is 10.5 Å². The summed E-state index contributed by atoms with van der Waals surface area (Å²) in [6.07, 6.45) is 0.114. The minimum absolute atomic E-state index is 0.00963. The Balaban J connectivity index is 1.09. The minimum atomic E-state index is -0.422. The van der Waals surface area contributed by atoms with Gasteiger partial charge in [0, 0.05) is 31.6 Å². The van der Waals surface area contributed by atoms with Gasteiger partial charge in [-0.15, -0.1) is 0 Å². The molecule has 1 saturated heterocycles. The smallest absolute Gasteiger partial charge is 0.409 e. The number of nitrogens with one attached hydrogen (secondary N) is 1. The standard InChI is InChI=1S/C32H31N3O3/c33-24-16-23(31(36)34-17-22-10-7-9-21-8-1-2-11-25(21)22)18-35(19-24)32(37)38-20-30-28-14-5-3-12-26(28)27-13-4-6-15-29(27)30/h1-15,23-24,30H,16-20,33H2,(H,34,36)/t23-,24+/m0/s1. The molecule has 0 aromatic heterocycles. The van der Waals surface area contributed by atoms with Gasteiger partial charge in [-0.25, -0.2) is 4.79 Å². The molecule has 4 aromatic rings. The van der Waals surface area contributed by atoms with Gasteiger partial charge in [-0.05, 0) is 45.0 Å². The molecule has 6 nitrogen and oxygen atoms in total. The van der Waals surface area contributed by atoms with E-state index in [0.717, 1.165) is 16.3 Å². The summed E-state index contributed by atoms with van der Waals surface area (Å²) in [5.41, 5.74) is 12.1. The summed E-state index contributed by atoms with van der Waals surface area (Å²) in [6.45, 7) is 1.35. The van der Waals surface area contributed by atoms with E-state index in [-0.39, 0.29) is 30.4 Å². The van der Waals surface area contributed by atoms with E-state index in [9.17, 15) is 9.59 Å². The number of piperidine rings is 1. The number of nitrogens with zero attached hydrogens (tertiary/aromatic N) is 1. The molecule has 192 valence electrons. The molecular formula is C32H31N3O3. The third-order valence-corrected chi connectivity index (χ3v) is 7.78. The molecule has 2 atom stereocenters. The highest BCUT2D eigenvalue weighted by atomic mass is 16.6. The van der Waals surface area contributed by atoms with E-state index in [2.05, 4.69) is 47.8 Å². The van der Waals surface area contributed by atoms with Crippen LogP contribution in [0, 0.1) is 5.92 Å². The summed E-state index contributed by atoms with van der Waals surface area (Å²) in [5.74, 6) is -0.483. The van der Waals surface area contributed by atoms with Crippen molar-refractivity contribution in [3.63, 3.8) is 0 Å². The first-order valence-corrected chi connectivity index (χ1v) is 13.2. The molecule has 1 aliphatic heterocycles. The van der Waals surface area contributed by atoms with Crippen LogP contribution in [-0.2, 0) is 16.1 Å². The monoisotopic (exact) mass is 505 g/mol. The topological polar surface area (TPSA) is 84.7 Å². The Morgan fingerprint density at radius 2 is 1.50 bits per heavy atom. The summed E-state index contributed by atoms with van der Waals surface area (Å²) in [5, 5.41) is 5.33. The van der Waals surface area contributed by atoms with Crippen LogP contribution in [0.1, 0.15) is 29.0 Å². The van der Waals surface area contributed by atoms with Gasteiger partial charge in [0.1, 0.15) is 6.61 Å². The van der Waals surface area contributed by atoms with Crippen LogP contribution in [0.4, 0.5) is 4.79 Å². The van der Waals surface area contributed by atoms with Crippen LogP contribution >= 0.6 is 0 Å². The highest BCUT2D eigenvalue weighted by Crippen LogP contribution is 2.44. The van der Waals surface area contributed by atoms with E-state index in [1.165, 1.54) is 22.3 Å². The quantitative estimate of drug-likeness (QED) is 0.397. The summed E-state index contributed by atoms with van der Waals surface area (Å²) in [6, 6.07) is 30.5. The van der Waals surface area contributed by atoms with Crippen molar-refractivity contribution in [3.05, 3.63) is 108 Å². The molecule has 0 spiro atoms. The molecule has 6 rings (SSSR count). The Labute approximate surface area is 222 Å². The van der Waals surface area contributed by atoms with Crippen molar-refractivity contribution in [3.8, 4) is 11.1 Å². The van der Waals surface area contributed by atoms with Crippen LogP contribution in [0.15, 0.2) is 91.0 Å². The van der Waals surface area contributed by atoms with E-state index in [1.807, 2.05) is 48.5 Å². The number of carbonyl (C=O) groups is 2. The molecule has 1 aliphatic carbocycles. The fraction of sp³-hybridized carbons (Fsp3) is 0.250. The van der Waals surface area contributed by atoms with Crippen LogP contribution in [-0.4, -0.2) is 42.6 Å². The lowest BCUT2D eigenvalue weighted by Gasteiger charge is -2.35. The van der Waals surface area contributed by atoms with Crippen LogP contribution in [0.2, 0.25) is 0 Å². The van der Waals surface area contributed by atoms with Crippen LogP contribution < -0.4 is 11.1 Å². The molecule has 2 amide bonds. The highest BCUT2D eigenvalue weighted by Gasteiger charge is 2.34. The predicted molar refractivity (Wildman–Crippen MR) is 149 cm³/mol. The minimum Gasteiger partial charge on any atom is -0.448 e. The maximum absolute atomic E-state index is 13.1. The molecule has 1 fully saturated rings. The van der Waals surface area contributed by atoms with E-state index >= 15 is 0 Å². The Morgan fingerprint density at radius 3 is 2.26 bits per heavy atom. The number of benzene rings is 4. The van der Waals surface area contributed by atoms with E-state index < -0.39 is 6.09 Å². The number of fused-ring (bicyclic) bond motifs is 4. The zero-order valence-corrected chi connectivity index (χ0v) is 21.2. The summed E-state index contributed by atoms with van der Waals surface area (Å²) >= 11 is 0. The van der Waals surface area contributed by atoms with E-state index in [1.54, 1.807) is 4.90 Å². The second-order valence-corrected chi connectivity index (χ2v) is 10.3. The van der Waals surface area contributed by atoms with Crippen molar-refractivity contribution in [2.24, 2.45) is 11.7 Å². The highest BCUT2D eigenvalue weighted by molar-refractivity contribution is 5.86. The van der Waals surface area contributed by atoms with E-state index in [0.29, 0.717) is 26.1 Å². The lowest BCUT2D eigenvalue weighted by molar-refractivity contribution is -0.126. The Bertz CT molecular complexity index is 1450. The van der Waals surface area contributed by atoms with Gasteiger partial charge in [0.15, 0.2) is 0 Å². The average molecular weight is 506 g/mol. The molecule has 0 saturated carbocycles. The average Bonchev–Trinajstić information content (AvgIpc) is 3.28. The van der Waals surface area contributed by atoms with Gasteiger partial charge >= 0.3 is 6.09 Å². The molecule has 0 unspecified atom stereocenters. The molecule has 2 aliphatic rings. The largest absolute Gasteiger partial charge is 0.448 e. The van der Waals surface area contributed by atoms with Crippen molar-refractivity contribution in [1.29, 1.82) is 0 Å². The van der Waals surface area contributed by atoms with Gasteiger partial charge in [0.05, 0.1) is 5.92 Å². The molecule has 1 heterocycles. The number of hydrogen-bond acceptors (Lipinski definition) is 4. The normalized spacial score (nSPS) is 18.6. The number of nitrogens with two attached hydrogens (primary N) is 1. The SMILES string of the molecule is N[C@@H]1C[C@H](C(=O)NCc2cccc3ccccc23)CN(C(=O)OCC2c3ccccc3-c3ccccc32)C1. The van der Waals surface area contributed by atoms with Crippen molar-refractivity contribution in [2.45, 2.75) is 24.9 Å². The van der Waals surface area contributed by atoms with Crippen molar-refractivity contribution in [2.75, 3.05) is 19.7 Å². The summed E-state index contributed by atoms with van der Waals surface area (Å²) in [4.78, 5) is 27.8. The molecular weight excluding hydrogens is 474 g/mol. The third kappa shape index (κ3) is 4.63. The summed E-state index contributed by atoms with van der Waals surface area (Å²) < 4.78 is 5.83. The first-order chi connectivity index (χ1) is 18.6. The van der Waals surface area contributed by atoms with Crippen LogP contribution in [0.25, 0.3) is 21.9 Å². The number of hydrogen-bond donors (Lipinski definition) is 2. The number of ether oxygens (including phenoxy) is 1. The maximum Gasteiger partial charge on any atom is 0.409 e. The molecule has 38 heavy (non-hydrogen) atoms. The van der Waals surface area contributed by atoms with Crippen LogP contribution in [0.3, 0.4) is 0 Å². The first kappa shape index (κ1) is 24.2. The van der Waals surface area contributed by atoms with Crippen LogP contribution in [0.5, 0.6) is 0 Å². The van der Waals surface area contributed by atoms with Gasteiger partial charge in [-0.3, -0.25) is 4.79 Å². The van der Waals surface area contributed by atoms with Gasteiger partial charge in [0.2, 0.25) is 5.91 Å². The molecule has 6 heteroatoms. The van der Waals surface area contributed by atoms with Gasteiger partial charge in [0.25, 0.3) is 0 Å².